The van der Waals surface area contributed by atoms with Crippen LogP contribution in [-0.2, 0) is 0 Å². The molecule has 1 aromatic heterocycles. The van der Waals surface area contributed by atoms with Crippen molar-refractivity contribution in [3.8, 4) is 0 Å². The molecule has 0 saturated heterocycles. The maximum absolute atomic E-state index is 5.60. The van der Waals surface area contributed by atoms with E-state index in [9.17, 15) is 0 Å². The molecule has 19 heavy (non-hydrogen) atoms. The summed E-state index contributed by atoms with van der Waals surface area (Å²) in [6.45, 7) is 2.26. The molecule has 6 unspecified atom stereocenters. The highest BCUT2D eigenvalue weighted by molar-refractivity contribution is 5.09. The summed E-state index contributed by atoms with van der Waals surface area (Å²) in [5.41, 5.74) is 0. The quantitative estimate of drug-likeness (QED) is 0.879. The van der Waals surface area contributed by atoms with E-state index in [4.69, 9.17) is 4.42 Å². The fourth-order valence-electron chi connectivity index (χ4n) is 5.41. The van der Waals surface area contributed by atoms with Crippen LogP contribution in [0, 0.1) is 23.7 Å². The van der Waals surface area contributed by atoms with Gasteiger partial charge >= 0.3 is 0 Å². The fourth-order valence-corrected chi connectivity index (χ4v) is 5.41. The number of furan rings is 1. The van der Waals surface area contributed by atoms with Crippen molar-refractivity contribution in [1.29, 1.82) is 0 Å². The third kappa shape index (κ3) is 1.87. The van der Waals surface area contributed by atoms with E-state index < -0.39 is 0 Å². The molecule has 1 N–H and O–H groups in total. The van der Waals surface area contributed by atoms with Crippen molar-refractivity contribution in [2.24, 2.45) is 23.7 Å². The highest BCUT2D eigenvalue weighted by Crippen LogP contribution is 2.58. The summed E-state index contributed by atoms with van der Waals surface area (Å²) in [6, 6.07) is 5.29. The van der Waals surface area contributed by atoms with Gasteiger partial charge in [-0.15, -0.1) is 0 Å². The molecular formula is C17H25NO. The summed E-state index contributed by atoms with van der Waals surface area (Å²) in [7, 11) is 0. The number of fused-ring (bicyclic) bond motifs is 5. The Balaban J connectivity index is 1.46. The molecule has 0 radical (unpaired) electrons. The van der Waals surface area contributed by atoms with Crippen LogP contribution in [0.3, 0.4) is 0 Å². The van der Waals surface area contributed by atoms with Crippen LogP contribution in [0.2, 0.25) is 0 Å². The monoisotopic (exact) mass is 259 g/mol. The van der Waals surface area contributed by atoms with Crippen LogP contribution >= 0.6 is 0 Å². The van der Waals surface area contributed by atoms with Crippen LogP contribution in [0.1, 0.15) is 57.3 Å². The van der Waals surface area contributed by atoms with Gasteiger partial charge in [0.1, 0.15) is 5.76 Å². The lowest BCUT2D eigenvalue weighted by Crippen LogP contribution is -2.41. The van der Waals surface area contributed by atoms with Gasteiger partial charge in [-0.2, -0.15) is 0 Å². The SMILES string of the molecule is CCC(NC1CC2CC1C1CCCC21)c1ccco1. The van der Waals surface area contributed by atoms with Gasteiger partial charge < -0.3 is 9.73 Å². The number of hydrogen-bond acceptors (Lipinski definition) is 2. The van der Waals surface area contributed by atoms with Crippen LogP contribution in [0.4, 0.5) is 0 Å². The van der Waals surface area contributed by atoms with Gasteiger partial charge in [-0.25, -0.2) is 0 Å². The van der Waals surface area contributed by atoms with E-state index in [-0.39, 0.29) is 0 Å². The molecule has 3 fully saturated rings. The van der Waals surface area contributed by atoms with E-state index in [0.717, 1.165) is 41.9 Å². The Kier molecular flexibility index (Phi) is 2.95. The fraction of sp³-hybridized carbons (Fsp3) is 0.765. The molecule has 0 aliphatic heterocycles. The second kappa shape index (κ2) is 4.66. The summed E-state index contributed by atoms with van der Waals surface area (Å²) < 4.78 is 5.60. The van der Waals surface area contributed by atoms with Crippen LogP contribution in [-0.4, -0.2) is 6.04 Å². The second-order valence-electron chi connectivity index (χ2n) is 6.90. The smallest absolute Gasteiger partial charge is 0.120 e. The van der Waals surface area contributed by atoms with Gasteiger partial charge in [-0.3, -0.25) is 0 Å². The molecule has 4 rings (SSSR count). The minimum atomic E-state index is 0.416. The summed E-state index contributed by atoms with van der Waals surface area (Å²) in [6.07, 6.45) is 10.4. The Morgan fingerprint density at radius 2 is 2.16 bits per heavy atom. The van der Waals surface area contributed by atoms with E-state index in [1.54, 1.807) is 6.26 Å². The lowest BCUT2D eigenvalue weighted by Gasteiger charge is -2.34. The molecule has 3 saturated carbocycles. The first-order valence-corrected chi connectivity index (χ1v) is 8.16. The van der Waals surface area contributed by atoms with E-state index in [2.05, 4.69) is 18.3 Å². The summed E-state index contributed by atoms with van der Waals surface area (Å²) in [5.74, 6) is 5.25. The maximum atomic E-state index is 5.60. The van der Waals surface area contributed by atoms with Gasteiger partial charge in [-0.1, -0.05) is 13.3 Å². The molecule has 1 heterocycles. The summed E-state index contributed by atoms with van der Waals surface area (Å²) in [4.78, 5) is 0. The lowest BCUT2D eigenvalue weighted by atomic mass is 9.79. The van der Waals surface area contributed by atoms with Gasteiger partial charge in [0.2, 0.25) is 0 Å². The molecule has 1 aromatic rings. The van der Waals surface area contributed by atoms with Crippen LogP contribution in [0.25, 0.3) is 0 Å². The summed E-state index contributed by atoms with van der Waals surface area (Å²) in [5, 5.41) is 3.92. The molecule has 0 aromatic carbocycles. The molecule has 6 atom stereocenters. The Morgan fingerprint density at radius 1 is 1.26 bits per heavy atom. The van der Waals surface area contributed by atoms with Gasteiger partial charge in [0.25, 0.3) is 0 Å². The normalized spacial score (nSPS) is 41.6. The average Bonchev–Trinajstić information content (AvgIpc) is 3.14. The predicted octanol–water partition coefficient (Wildman–Crippen LogP) is 4.15. The predicted molar refractivity (Wildman–Crippen MR) is 75.7 cm³/mol. The highest BCUT2D eigenvalue weighted by atomic mass is 16.3. The molecule has 104 valence electrons. The number of rotatable bonds is 4. The number of nitrogens with one attached hydrogen (secondary N) is 1. The first-order chi connectivity index (χ1) is 9.36. The van der Waals surface area contributed by atoms with Crippen molar-refractivity contribution in [3.05, 3.63) is 24.2 Å². The van der Waals surface area contributed by atoms with Gasteiger partial charge in [0.05, 0.1) is 12.3 Å². The largest absolute Gasteiger partial charge is 0.468 e. The van der Waals surface area contributed by atoms with Gasteiger partial charge in [-0.05, 0) is 67.9 Å². The zero-order valence-electron chi connectivity index (χ0n) is 11.8. The van der Waals surface area contributed by atoms with Gasteiger partial charge in [0.15, 0.2) is 0 Å². The average molecular weight is 259 g/mol. The molecule has 0 spiro atoms. The standard InChI is InChI=1S/C17H25NO/c1-2-15(17-7-4-8-19-17)18-16-10-11-9-14(16)13-6-3-5-12(11)13/h4,7-8,11-16,18H,2-3,5-6,9-10H2,1H3. The highest BCUT2D eigenvalue weighted by Gasteiger charge is 2.53. The Hall–Kier alpha value is -0.760. The molecule has 3 aliphatic rings. The molecule has 2 heteroatoms. The van der Waals surface area contributed by atoms with Crippen molar-refractivity contribution in [3.63, 3.8) is 0 Å². The third-order valence-electron chi connectivity index (χ3n) is 6.14. The Labute approximate surface area is 116 Å². The number of hydrogen-bond donors (Lipinski definition) is 1. The lowest BCUT2D eigenvalue weighted by molar-refractivity contribution is 0.192. The van der Waals surface area contributed by atoms with E-state index in [1.165, 1.54) is 32.1 Å². The van der Waals surface area contributed by atoms with Gasteiger partial charge in [0, 0.05) is 6.04 Å². The van der Waals surface area contributed by atoms with E-state index >= 15 is 0 Å². The second-order valence-corrected chi connectivity index (χ2v) is 6.90. The Morgan fingerprint density at radius 3 is 2.95 bits per heavy atom. The molecule has 2 nitrogen and oxygen atoms in total. The molecule has 2 bridgehead atoms. The van der Waals surface area contributed by atoms with E-state index in [1.807, 2.05) is 6.07 Å². The van der Waals surface area contributed by atoms with Crippen LogP contribution < -0.4 is 5.32 Å². The van der Waals surface area contributed by atoms with Crippen LogP contribution in [0.15, 0.2) is 22.8 Å². The Bertz CT molecular complexity index is 426. The van der Waals surface area contributed by atoms with Crippen molar-refractivity contribution in [1.82, 2.24) is 5.32 Å². The van der Waals surface area contributed by atoms with E-state index in [0.29, 0.717) is 6.04 Å². The molecule has 0 amide bonds. The molecular weight excluding hydrogens is 234 g/mol. The van der Waals surface area contributed by atoms with Crippen molar-refractivity contribution in [2.45, 2.75) is 57.5 Å². The summed E-state index contributed by atoms with van der Waals surface area (Å²) >= 11 is 0. The topological polar surface area (TPSA) is 25.2 Å². The first kappa shape index (κ1) is 12.0. The van der Waals surface area contributed by atoms with Crippen molar-refractivity contribution >= 4 is 0 Å². The first-order valence-electron chi connectivity index (χ1n) is 8.16. The third-order valence-corrected chi connectivity index (χ3v) is 6.14. The van der Waals surface area contributed by atoms with Crippen molar-refractivity contribution < 1.29 is 4.42 Å². The molecule has 3 aliphatic carbocycles. The van der Waals surface area contributed by atoms with Crippen LogP contribution in [0.5, 0.6) is 0 Å². The van der Waals surface area contributed by atoms with Crippen molar-refractivity contribution in [2.75, 3.05) is 0 Å². The minimum Gasteiger partial charge on any atom is -0.468 e. The zero-order chi connectivity index (χ0) is 12.8. The zero-order valence-corrected chi connectivity index (χ0v) is 11.8. The maximum Gasteiger partial charge on any atom is 0.120 e. The minimum absolute atomic E-state index is 0.416.